The number of hydrogen-bond donors (Lipinski definition) is 3. The van der Waals surface area contributed by atoms with Gasteiger partial charge in [0.15, 0.2) is 5.82 Å². The van der Waals surface area contributed by atoms with Crippen LogP contribution in [-0.4, -0.2) is 20.4 Å². The molecule has 216 valence electrons. The summed E-state index contributed by atoms with van der Waals surface area (Å²) in [5.74, 6) is 4.90. The lowest BCUT2D eigenvalue weighted by atomic mass is 9.94. The fourth-order valence-corrected chi connectivity index (χ4v) is 5.35. The molecule has 0 spiro atoms. The molecule has 12 heteroatoms. The molecule has 0 saturated heterocycles. The van der Waals surface area contributed by atoms with Gasteiger partial charge in [0, 0.05) is 23.7 Å². The molecule has 2 aromatic heterocycles. The molecule has 1 amide bonds. The summed E-state index contributed by atoms with van der Waals surface area (Å²) in [5.41, 5.74) is 8.14. The van der Waals surface area contributed by atoms with Crippen LogP contribution in [0.25, 0.3) is 22.5 Å². The SMILES string of the molecule is CC1CCCC(n2cnc(-c3c(N(N)/C=C(\N)Cl)ccc(Cl)c3F)cc2=O)c2cccc(c2)-c2ncccc2NC1=O. The van der Waals surface area contributed by atoms with Crippen LogP contribution in [0, 0.1) is 11.7 Å². The van der Waals surface area contributed by atoms with Crippen molar-refractivity contribution >= 4 is 40.5 Å². The number of rotatable bonds is 4. The van der Waals surface area contributed by atoms with E-state index in [9.17, 15) is 9.59 Å². The summed E-state index contributed by atoms with van der Waals surface area (Å²) < 4.78 is 16.8. The fraction of sp³-hybridized carbons (Fsp3) is 0.200. The summed E-state index contributed by atoms with van der Waals surface area (Å²) >= 11 is 11.8. The summed E-state index contributed by atoms with van der Waals surface area (Å²) in [7, 11) is 0. The van der Waals surface area contributed by atoms with Gasteiger partial charge in [0.05, 0.1) is 51.9 Å². The third-order valence-corrected chi connectivity index (χ3v) is 7.60. The van der Waals surface area contributed by atoms with Crippen molar-refractivity contribution in [3.05, 3.63) is 105 Å². The predicted octanol–water partition coefficient (Wildman–Crippen LogP) is 5.79. The molecular weight excluding hydrogens is 580 g/mol. The summed E-state index contributed by atoms with van der Waals surface area (Å²) in [6.07, 6.45) is 6.09. The number of benzene rings is 2. The quantitative estimate of drug-likeness (QED) is 0.152. The minimum absolute atomic E-state index is 0.0357. The highest BCUT2D eigenvalue weighted by Crippen LogP contribution is 2.36. The van der Waals surface area contributed by atoms with E-state index in [-0.39, 0.29) is 38.9 Å². The first-order chi connectivity index (χ1) is 20.1. The van der Waals surface area contributed by atoms with E-state index in [1.807, 2.05) is 37.3 Å². The zero-order valence-corrected chi connectivity index (χ0v) is 24.1. The van der Waals surface area contributed by atoms with Crippen molar-refractivity contribution in [1.82, 2.24) is 14.5 Å². The van der Waals surface area contributed by atoms with Crippen LogP contribution < -0.4 is 27.5 Å². The molecule has 2 aromatic carbocycles. The van der Waals surface area contributed by atoms with Gasteiger partial charge in [-0.2, -0.15) is 0 Å². The van der Waals surface area contributed by atoms with Gasteiger partial charge in [-0.3, -0.25) is 24.1 Å². The lowest BCUT2D eigenvalue weighted by molar-refractivity contribution is -0.119. The second-order valence-corrected chi connectivity index (χ2v) is 10.9. The van der Waals surface area contributed by atoms with E-state index in [1.165, 1.54) is 35.3 Å². The van der Waals surface area contributed by atoms with Crippen molar-refractivity contribution in [3.63, 3.8) is 0 Å². The lowest BCUT2D eigenvalue weighted by Gasteiger charge is -2.24. The maximum absolute atomic E-state index is 15.3. The van der Waals surface area contributed by atoms with Gasteiger partial charge < -0.3 is 11.1 Å². The molecule has 0 radical (unpaired) electrons. The van der Waals surface area contributed by atoms with Crippen LogP contribution in [0.2, 0.25) is 5.02 Å². The molecule has 42 heavy (non-hydrogen) atoms. The van der Waals surface area contributed by atoms with E-state index in [1.54, 1.807) is 12.3 Å². The summed E-state index contributed by atoms with van der Waals surface area (Å²) in [6, 6.07) is 14.9. The molecule has 0 aliphatic carbocycles. The molecule has 2 unspecified atom stereocenters. The topological polar surface area (TPSA) is 132 Å². The van der Waals surface area contributed by atoms with Crippen LogP contribution in [0.3, 0.4) is 0 Å². The Kier molecular flexibility index (Phi) is 8.58. The molecule has 1 aliphatic rings. The van der Waals surface area contributed by atoms with Crippen molar-refractivity contribution in [2.24, 2.45) is 17.5 Å². The monoisotopic (exact) mass is 607 g/mol. The second-order valence-electron chi connectivity index (χ2n) is 10.1. The molecule has 0 fully saturated rings. The number of hydrogen-bond acceptors (Lipinski definition) is 7. The number of carbonyl (C=O) groups is 1. The standard InChI is InChI=1S/C30H28Cl2FN7O2/c1-17-5-2-9-23(18-6-3-7-19(13-18)29-21(38-30(17)42)8-4-12-36-29)39-16-37-22(14-26(39)41)27-24(40(35)15-25(32)34)11-10-20(31)28(27)33/h3-4,6-8,10-17,23H,2,5,9,34-35H2,1H3,(H,38,42)/b25-15-. The Balaban J connectivity index is 1.61. The number of nitrogens with two attached hydrogens (primary N) is 2. The van der Waals surface area contributed by atoms with Crippen molar-refractivity contribution in [3.8, 4) is 22.5 Å². The summed E-state index contributed by atoms with van der Waals surface area (Å²) in [5, 5.41) is 3.74. The zero-order valence-electron chi connectivity index (χ0n) is 22.6. The Morgan fingerprint density at radius 2 is 1.95 bits per heavy atom. The van der Waals surface area contributed by atoms with Gasteiger partial charge in [-0.15, -0.1) is 0 Å². The van der Waals surface area contributed by atoms with Gasteiger partial charge in [0.2, 0.25) is 5.91 Å². The number of nitrogens with zero attached hydrogens (tertiary/aromatic N) is 4. The van der Waals surface area contributed by atoms with Crippen LogP contribution in [0.15, 0.2) is 83.3 Å². The summed E-state index contributed by atoms with van der Waals surface area (Å²) in [4.78, 5) is 35.5. The third-order valence-electron chi connectivity index (χ3n) is 7.21. The number of aromatic nitrogens is 3. The number of carbonyl (C=O) groups excluding carboxylic acids is 1. The lowest BCUT2D eigenvalue weighted by Crippen LogP contribution is -2.28. The molecule has 5 N–H and O–H groups in total. The Hall–Kier alpha value is -4.25. The van der Waals surface area contributed by atoms with E-state index in [4.69, 9.17) is 34.8 Å². The number of fused-ring (bicyclic) bond motifs is 4. The van der Waals surface area contributed by atoms with Gasteiger partial charge in [-0.25, -0.2) is 15.2 Å². The Morgan fingerprint density at radius 3 is 2.71 bits per heavy atom. The Labute approximate surface area is 251 Å². The van der Waals surface area contributed by atoms with Crippen LogP contribution in [0.1, 0.15) is 37.8 Å². The second kappa shape index (κ2) is 12.3. The summed E-state index contributed by atoms with van der Waals surface area (Å²) in [6.45, 7) is 1.87. The van der Waals surface area contributed by atoms with E-state index in [2.05, 4.69) is 15.3 Å². The van der Waals surface area contributed by atoms with Crippen LogP contribution in [0.5, 0.6) is 0 Å². The predicted molar refractivity (Wildman–Crippen MR) is 163 cm³/mol. The van der Waals surface area contributed by atoms with Crippen molar-refractivity contribution in [2.75, 3.05) is 10.3 Å². The minimum Gasteiger partial charge on any atom is -0.388 e. The van der Waals surface area contributed by atoms with Gasteiger partial charge >= 0.3 is 0 Å². The van der Waals surface area contributed by atoms with Gasteiger partial charge in [-0.05, 0) is 48.7 Å². The van der Waals surface area contributed by atoms with Crippen LogP contribution in [0.4, 0.5) is 15.8 Å². The first-order valence-electron chi connectivity index (χ1n) is 13.2. The van der Waals surface area contributed by atoms with Crippen LogP contribution >= 0.6 is 23.2 Å². The molecule has 5 rings (SSSR count). The molecule has 2 atom stereocenters. The first kappa shape index (κ1) is 29.2. The van der Waals surface area contributed by atoms with Gasteiger partial charge in [0.25, 0.3) is 5.56 Å². The molecule has 9 nitrogen and oxygen atoms in total. The first-order valence-corrected chi connectivity index (χ1v) is 14.0. The smallest absolute Gasteiger partial charge is 0.254 e. The average Bonchev–Trinajstić information content (AvgIpc) is 2.96. The maximum atomic E-state index is 15.3. The number of hydrazine groups is 1. The number of pyridine rings is 1. The highest BCUT2D eigenvalue weighted by Gasteiger charge is 2.24. The van der Waals surface area contributed by atoms with Crippen molar-refractivity contribution < 1.29 is 9.18 Å². The molecule has 1 aliphatic heterocycles. The normalized spacial score (nSPS) is 17.5. The van der Waals surface area contributed by atoms with Gasteiger partial charge in [0.1, 0.15) is 5.16 Å². The highest BCUT2D eigenvalue weighted by atomic mass is 35.5. The Morgan fingerprint density at radius 1 is 1.14 bits per heavy atom. The van der Waals surface area contributed by atoms with Gasteiger partial charge in [-0.1, -0.05) is 54.7 Å². The molecule has 2 bridgehead atoms. The molecule has 0 saturated carbocycles. The Bertz CT molecular complexity index is 1740. The van der Waals surface area contributed by atoms with Crippen molar-refractivity contribution in [2.45, 2.75) is 32.2 Å². The van der Waals surface area contributed by atoms with E-state index < -0.39 is 17.4 Å². The van der Waals surface area contributed by atoms with E-state index in [0.717, 1.165) is 16.1 Å². The number of nitrogens with one attached hydrogen (secondary N) is 1. The highest BCUT2D eigenvalue weighted by molar-refractivity contribution is 6.31. The molecule has 3 heterocycles. The molecular formula is C30H28Cl2FN7O2. The molecule has 4 aromatic rings. The maximum Gasteiger partial charge on any atom is 0.254 e. The van der Waals surface area contributed by atoms with Crippen molar-refractivity contribution in [1.29, 1.82) is 0 Å². The minimum atomic E-state index is -0.798. The van der Waals surface area contributed by atoms with E-state index in [0.29, 0.717) is 30.6 Å². The third kappa shape index (κ3) is 6.01. The fourth-order valence-electron chi connectivity index (χ4n) is 5.08. The number of halogens is 3. The number of amides is 1. The average molecular weight is 609 g/mol. The van der Waals surface area contributed by atoms with Crippen LogP contribution in [-0.2, 0) is 4.79 Å². The van der Waals surface area contributed by atoms with E-state index >= 15 is 4.39 Å². The zero-order chi connectivity index (χ0) is 30.0. The number of anilines is 2. The largest absolute Gasteiger partial charge is 0.388 e.